The summed E-state index contributed by atoms with van der Waals surface area (Å²) in [5.74, 6) is 1.39. The Morgan fingerprint density at radius 1 is 1.06 bits per heavy atom. The van der Waals surface area contributed by atoms with E-state index in [0.717, 1.165) is 71.1 Å². The molecule has 0 bridgehead atoms. The van der Waals surface area contributed by atoms with Crippen LogP contribution in [0.2, 0.25) is 0 Å². The number of piperidine rings is 1. The first-order chi connectivity index (χ1) is 26.1. The molecule has 4 fully saturated rings. The third-order valence-electron chi connectivity index (χ3n) is 12.1. The zero-order chi connectivity index (χ0) is 37.6. The van der Waals surface area contributed by atoms with Crippen molar-refractivity contribution in [2.24, 2.45) is 5.41 Å². The highest BCUT2D eigenvalue weighted by Gasteiger charge is 2.50. The van der Waals surface area contributed by atoms with Gasteiger partial charge in [0.05, 0.1) is 39.0 Å². The number of nitrogens with zero attached hydrogens (tertiary/aromatic N) is 4. The normalized spacial score (nSPS) is 29.1. The van der Waals surface area contributed by atoms with Crippen molar-refractivity contribution in [1.29, 1.82) is 0 Å². The van der Waals surface area contributed by atoms with Crippen LogP contribution in [0.4, 0.5) is 14.6 Å². The molecule has 1 aliphatic carbocycles. The number of aromatic nitrogens is 2. The van der Waals surface area contributed by atoms with E-state index in [4.69, 9.17) is 35.3 Å². The van der Waals surface area contributed by atoms with Crippen LogP contribution >= 0.6 is 0 Å². The lowest BCUT2D eigenvalue weighted by molar-refractivity contribution is -0.0267. The number of rotatable bonds is 7. The van der Waals surface area contributed by atoms with Crippen LogP contribution in [0.5, 0.6) is 11.8 Å². The molecule has 5 atom stereocenters. The van der Waals surface area contributed by atoms with Gasteiger partial charge >= 0.3 is 6.01 Å². The Balaban J connectivity index is 1.24. The number of benzene rings is 2. The third-order valence-corrected chi connectivity index (χ3v) is 12.1. The van der Waals surface area contributed by atoms with Crippen molar-refractivity contribution < 1.29 is 37.9 Å². The molecule has 13 heteroatoms. The predicted octanol–water partition coefficient (Wildman–Crippen LogP) is 3.76. The number of nitrogens with one attached hydrogen (secondary N) is 1. The molecule has 8 rings (SSSR count). The van der Waals surface area contributed by atoms with Crippen molar-refractivity contribution in [1.82, 2.24) is 20.2 Å². The van der Waals surface area contributed by atoms with Gasteiger partial charge in [-0.05, 0) is 87.6 Å². The molecule has 3 N–H and O–H groups in total. The van der Waals surface area contributed by atoms with Crippen molar-refractivity contribution >= 4 is 28.3 Å². The van der Waals surface area contributed by atoms with Gasteiger partial charge in [0, 0.05) is 42.6 Å². The zero-order valence-corrected chi connectivity index (χ0v) is 31.0. The molecule has 3 unspecified atom stereocenters. The number of ether oxygens (including phenoxy) is 4. The Kier molecular flexibility index (Phi) is 10.1. The number of hydrogen-bond acceptors (Lipinski definition) is 11. The van der Waals surface area contributed by atoms with Gasteiger partial charge in [-0.2, -0.15) is 9.97 Å². The number of fused-ring (bicyclic) bond motifs is 3. The van der Waals surface area contributed by atoms with Crippen molar-refractivity contribution in [2.75, 3.05) is 64.7 Å². The number of aliphatic hydroxyl groups is 1. The number of phenols is 1. The number of phenolic OH excluding ortho intramolecular Hbond substituents is 1. The van der Waals surface area contributed by atoms with E-state index < -0.39 is 23.3 Å². The van der Waals surface area contributed by atoms with Gasteiger partial charge in [0.15, 0.2) is 5.83 Å². The van der Waals surface area contributed by atoms with Crippen LogP contribution in [0.3, 0.4) is 0 Å². The summed E-state index contributed by atoms with van der Waals surface area (Å²) in [6.45, 7) is 5.65. The van der Waals surface area contributed by atoms with Gasteiger partial charge in [0.1, 0.15) is 39.6 Å². The summed E-state index contributed by atoms with van der Waals surface area (Å²) < 4.78 is 56.5. The number of methoxy groups -OCH3 is 1. The van der Waals surface area contributed by atoms with Crippen LogP contribution in [0.1, 0.15) is 75.5 Å². The monoisotopic (exact) mass is 745 g/mol. The summed E-state index contributed by atoms with van der Waals surface area (Å²) in [7, 11) is 1.45. The Morgan fingerprint density at radius 3 is 2.74 bits per heavy atom. The molecule has 288 valence electrons. The first-order valence-electron chi connectivity index (χ1n) is 19.2. The van der Waals surface area contributed by atoms with E-state index in [1.165, 1.54) is 31.4 Å². The topological polar surface area (TPSA) is 122 Å². The Labute approximate surface area is 313 Å². The van der Waals surface area contributed by atoms with Crippen LogP contribution in [-0.4, -0.2) is 103 Å². The molecule has 3 saturated heterocycles. The van der Waals surface area contributed by atoms with Crippen molar-refractivity contribution in [3.8, 4) is 24.1 Å². The number of halogens is 2. The molecule has 5 heterocycles. The molecule has 0 amide bonds. The fraction of sp³-hybridized carbons (Fsp3) is 0.561. The number of aromatic hydroxyl groups is 1. The average molecular weight is 746 g/mol. The predicted molar refractivity (Wildman–Crippen MR) is 199 cm³/mol. The highest BCUT2D eigenvalue weighted by atomic mass is 19.1. The molecule has 11 nitrogen and oxygen atoms in total. The quantitative estimate of drug-likeness (QED) is 0.307. The molecule has 4 aliphatic heterocycles. The Hall–Kier alpha value is -4.22. The summed E-state index contributed by atoms with van der Waals surface area (Å²) in [6.07, 6.45) is 14.3. The molecule has 54 heavy (non-hydrogen) atoms. The fourth-order valence-electron chi connectivity index (χ4n) is 9.70. The van der Waals surface area contributed by atoms with E-state index in [1.54, 1.807) is 6.92 Å². The maximum absolute atomic E-state index is 17.4. The van der Waals surface area contributed by atoms with Crippen molar-refractivity contribution in [3.63, 3.8) is 0 Å². The summed E-state index contributed by atoms with van der Waals surface area (Å²) in [5.41, 5.74) is -1.17. The zero-order valence-electron chi connectivity index (χ0n) is 31.0. The lowest BCUT2D eigenvalue weighted by atomic mass is 9.74. The van der Waals surface area contributed by atoms with Crippen LogP contribution < -0.4 is 25.5 Å². The summed E-state index contributed by atoms with van der Waals surface area (Å²) in [5, 5.41) is 26.0. The van der Waals surface area contributed by atoms with E-state index in [-0.39, 0.29) is 63.3 Å². The highest BCUT2D eigenvalue weighted by Crippen LogP contribution is 2.49. The largest absolute Gasteiger partial charge is 0.508 e. The molecule has 1 saturated carbocycles. The van der Waals surface area contributed by atoms with Gasteiger partial charge in [-0.15, -0.1) is 6.42 Å². The molecular weight excluding hydrogens is 696 g/mol. The molecule has 1 aromatic heterocycles. The SMILES string of the molecule is C#Cc1c(F)ccc2cc(O)cc(C3NC(OC)=c4c(N5CCOC[C@@](C)(O)C5)nc(OC[C@]56CCCC5N(C5CCCOCC5)CCC6)nc4=C3F)c12. The second-order valence-corrected chi connectivity index (χ2v) is 15.8. The maximum atomic E-state index is 17.4. The highest BCUT2D eigenvalue weighted by molar-refractivity contribution is 5.94. The molecular formula is C41H49F2N5O6. The van der Waals surface area contributed by atoms with E-state index in [2.05, 4.69) is 16.1 Å². The second-order valence-electron chi connectivity index (χ2n) is 15.8. The summed E-state index contributed by atoms with van der Waals surface area (Å²) >= 11 is 0. The molecule has 5 aliphatic rings. The molecule has 0 spiro atoms. The lowest BCUT2D eigenvalue weighted by Gasteiger charge is -2.49. The van der Waals surface area contributed by atoms with E-state index in [9.17, 15) is 10.2 Å². The van der Waals surface area contributed by atoms with Gasteiger partial charge < -0.3 is 39.4 Å². The van der Waals surface area contributed by atoms with Crippen LogP contribution in [0.15, 0.2) is 24.3 Å². The maximum Gasteiger partial charge on any atom is 0.319 e. The standard InChI is InChI=1S/C41H49F2N5O6/c1-4-28-30(42)11-10-25-20-27(49)21-29(32(25)28)35-34(43)36-33(38(44-35)51-3)37(47-16-19-53-23-40(2,50)22-47)46-39(45-36)54-24-41-13-5-9-31(41)48(15-7-14-41)26-8-6-17-52-18-12-26/h1,10-11,20-21,26,31,35,44,49-50H,5-9,12-19,22-24H2,2-3H3/t26?,31?,35?,40-,41+/m0/s1. The van der Waals surface area contributed by atoms with E-state index >= 15 is 8.78 Å². The second kappa shape index (κ2) is 14.8. The number of β-amino-alcohol motifs (C(OH)–C–C–N with tert-alkyl or cyclic N) is 1. The van der Waals surface area contributed by atoms with Gasteiger partial charge in [0.2, 0.25) is 5.88 Å². The van der Waals surface area contributed by atoms with Crippen LogP contribution in [0.25, 0.3) is 22.5 Å². The van der Waals surface area contributed by atoms with Gasteiger partial charge in [-0.25, -0.2) is 8.78 Å². The number of likely N-dealkylation sites (tertiary alicyclic amines) is 1. The van der Waals surface area contributed by atoms with Gasteiger partial charge in [0.25, 0.3) is 0 Å². The summed E-state index contributed by atoms with van der Waals surface area (Å²) in [4.78, 5) is 14.2. The van der Waals surface area contributed by atoms with E-state index in [0.29, 0.717) is 43.0 Å². The Morgan fingerprint density at radius 2 is 1.91 bits per heavy atom. The van der Waals surface area contributed by atoms with E-state index in [1.807, 2.05) is 4.90 Å². The number of anilines is 1. The fourth-order valence-corrected chi connectivity index (χ4v) is 9.70. The van der Waals surface area contributed by atoms with Gasteiger partial charge in [-0.3, -0.25) is 4.90 Å². The lowest BCUT2D eigenvalue weighted by Crippen LogP contribution is -2.55. The summed E-state index contributed by atoms with van der Waals surface area (Å²) in [6, 6.07) is 5.13. The Bertz CT molecular complexity index is 2080. The smallest absolute Gasteiger partial charge is 0.319 e. The molecule has 0 radical (unpaired) electrons. The van der Waals surface area contributed by atoms with Crippen molar-refractivity contribution in [3.05, 3.63) is 51.8 Å². The first-order valence-corrected chi connectivity index (χ1v) is 19.2. The molecule has 3 aromatic rings. The minimum Gasteiger partial charge on any atom is -0.508 e. The minimum atomic E-state index is -1.27. The number of terminal acetylenes is 1. The third kappa shape index (κ3) is 6.72. The van der Waals surface area contributed by atoms with Gasteiger partial charge in [-0.1, -0.05) is 18.4 Å². The number of hydrogen-bond donors (Lipinski definition) is 3. The van der Waals surface area contributed by atoms with Crippen LogP contribution in [0, 0.1) is 23.6 Å². The van der Waals surface area contributed by atoms with Crippen LogP contribution in [-0.2, 0) is 14.2 Å². The minimum absolute atomic E-state index is 0.0101. The first kappa shape index (κ1) is 36.7. The average Bonchev–Trinajstić information content (AvgIpc) is 3.28. The van der Waals surface area contributed by atoms with Crippen molar-refractivity contribution in [2.45, 2.75) is 82.0 Å². The molecule has 2 aromatic carbocycles.